The zero-order chi connectivity index (χ0) is 15.2. The lowest BCUT2D eigenvalue weighted by Gasteiger charge is -2.26. The third kappa shape index (κ3) is 4.23. The first-order valence-electron chi connectivity index (χ1n) is 8.17. The minimum atomic E-state index is 0.0971. The van der Waals surface area contributed by atoms with Gasteiger partial charge in [0.25, 0.3) is 0 Å². The van der Waals surface area contributed by atoms with Crippen LogP contribution in [0.5, 0.6) is 0 Å². The molecule has 0 aromatic heterocycles. The highest BCUT2D eigenvalue weighted by molar-refractivity contribution is 6.20. The van der Waals surface area contributed by atoms with Gasteiger partial charge in [0, 0.05) is 19.2 Å². The highest BCUT2D eigenvalue weighted by Gasteiger charge is 2.21. The van der Waals surface area contributed by atoms with E-state index in [0.717, 1.165) is 18.5 Å². The van der Waals surface area contributed by atoms with Crippen LogP contribution in [0.3, 0.4) is 0 Å². The van der Waals surface area contributed by atoms with Gasteiger partial charge in [-0.15, -0.1) is 11.6 Å². The molecule has 3 heteroatoms. The van der Waals surface area contributed by atoms with Crippen LogP contribution in [0.25, 0.3) is 0 Å². The number of carbonyl (C=O) groups is 1. The molecule has 1 amide bonds. The Morgan fingerprint density at radius 1 is 1.19 bits per heavy atom. The third-order valence-corrected chi connectivity index (χ3v) is 4.84. The number of benzene rings is 1. The van der Waals surface area contributed by atoms with Crippen LogP contribution in [0, 0.1) is 0 Å². The van der Waals surface area contributed by atoms with E-state index >= 15 is 0 Å². The Balaban J connectivity index is 1.93. The maximum Gasteiger partial charge on any atom is 0.227 e. The van der Waals surface area contributed by atoms with E-state index in [1.54, 1.807) is 4.90 Å². The lowest BCUT2D eigenvalue weighted by atomic mass is 9.96. The van der Waals surface area contributed by atoms with E-state index in [-0.39, 0.29) is 11.3 Å². The number of hydrogen-bond donors (Lipinski definition) is 0. The molecule has 2 nitrogen and oxygen atoms in total. The topological polar surface area (TPSA) is 20.3 Å². The van der Waals surface area contributed by atoms with Crippen molar-refractivity contribution in [3.05, 3.63) is 29.3 Å². The van der Waals surface area contributed by atoms with Gasteiger partial charge in [0.05, 0.1) is 5.38 Å². The second-order valence-corrected chi connectivity index (χ2v) is 6.54. The molecule has 21 heavy (non-hydrogen) atoms. The van der Waals surface area contributed by atoms with Crippen molar-refractivity contribution in [1.82, 2.24) is 0 Å². The third-order valence-electron chi connectivity index (χ3n) is 4.37. The first kappa shape index (κ1) is 16.4. The minimum Gasteiger partial charge on any atom is -0.315 e. The van der Waals surface area contributed by atoms with Crippen molar-refractivity contribution in [1.29, 1.82) is 0 Å². The Kier molecular flexibility index (Phi) is 6.10. The number of amides is 1. The smallest absolute Gasteiger partial charge is 0.227 e. The lowest BCUT2D eigenvalue weighted by Crippen LogP contribution is -2.31. The molecule has 1 unspecified atom stereocenters. The Hall–Kier alpha value is -1.02. The first-order chi connectivity index (χ1) is 10.1. The van der Waals surface area contributed by atoms with Crippen LogP contribution in [-0.4, -0.2) is 13.0 Å². The van der Waals surface area contributed by atoms with Crippen LogP contribution >= 0.6 is 11.6 Å². The summed E-state index contributed by atoms with van der Waals surface area (Å²) < 4.78 is 0. The van der Waals surface area contributed by atoms with Gasteiger partial charge in [-0.3, -0.25) is 4.79 Å². The Labute approximate surface area is 133 Å². The molecule has 1 aliphatic rings. The minimum absolute atomic E-state index is 0.0971. The van der Waals surface area contributed by atoms with Crippen molar-refractivity contribution in [2.45, 2.75) is 63.7 Å². The van der Waals surface area contributed by atoms with Crippen molar-refractivity contribution in [3.8, 4) is 0 Å². The molecule has 2 rings (SSSR count). The first-order valence-corrected chi connectivity index (χ1v) is 8.60. The van der Waals surface area contributed by atoms with Gasteiger partial charge >= 0.3 is 0 Å². The van der Waals surface area contributed by atoms with Gasteiger partial charge in [-0.1, -0.05) is 51.2 Å². The molecule has 0 bridgehead atoms. The number of halogens is 1. The van der Waals surface area contributed by atoms with Gasteiger partial charge in [-0.2, -0.15) is 0 Å². The summed E-state index contributed by atoms with van der Waals surface area (Å²) in [6.45, 7) is 2.24. The van der Waals surface area contributed by atoms with Gasteiger partial charge in [0.15, 0.2) is 0 Å². The molecule has 0 fully saturated rings. The predicted molar refractivity (Wildman–Crippen MR) is 90.1 cm³/mol. The number of nitrogens with zero attached hydrogens (tertiary/aromatic N) is 1. The lowest BCUT2D eigenvalue weighted by molar-refractivity contribution is -0.118. The van der Waals surface area contributed by atoms with E-state index in [1.807, 2.05) is 13.1 Å². The molecule has 1 atom stereocenters. The fourth-order valence-corrected chi connectivity index (χ4v) is 3.26. The molecule has 0 saturated heterocycles. The van der Waals surface area contributed by atoms with E-state index in [9.17, 15) is 4.79 Å². The molecular formula is C18H26ClNO. The van der Waals surface area contributed by atoms with E-state index in [2.05, 4.69) is 19.1 Å². The largest absolute Gasteiger partial charge is 0.315 e. The zero-order valence-corrected chi connectivity index (χ0v) is 14.0. The van der Waals surface area contributed by atoms with Crippen molar-refractivity contribution < 1.29 is 4.79 Å². The van der Waals surface area contributed by atoms with E-state index in [0.29, 0.717) is 6.42 Å². The van der Waals surface area contributed by atoms with Crippen molar-refractivity contribution in [2.75, 3.05) is 11.9 Å². The van der Waals surface area contributed by atoms with Gasteiger partial charge < -0.3 is 4.90 Å². The maximum absolute atomic E-state index is 11.7. The van der Waals surface area contributed by atoms with Crippen molar-refractivity contribution in [3.63, 3.8) is 0 Å². The summed E-state index contributed by atoms with van der Waals surface area (Å²) in [4.78, 5) is 13.5. The summed E-state index contributed by atoms with van der Waals surface area (Å²) in [6.07, 6.45) is 8.88. The highest BCUT2D eigenvalue weighted by atomic mass is 35.5. The highest BCUT2D eigenvalue weighted by Crippen LogP contribution is 2.33. The average Bonchev–Trinajstić information content (AvgIpc) is 2.50. The van der Waals surface area contributed by atoms with Gasteiger partial charge in [-0.25, -0.2) is 0 Å². The molecular weight excluding hydrogens is 282 g/mol. The Morgan fingerprint density at radius 2 is 1.95 bits per heavy atom. The number of alkyl halides is 1. The molecule has 1 aromatic carbocycles. The number of carbonyl (C=O) groups excluding carboxylic acids is 1. The fourth-order valence-electron chi connectivity index (χ4n) is 2.97. The summed E-state index contributed by atoms with van der Waals surface area (Å²) in [5.74, 6) is 0.202. The number of aryl methyl sites for hydroxylation is 1. The summed E-state index contributed by atoms with van der Waals surface area (Å²) in [7, 11) is 1.85. The normalized spacial score (nSPS) is 16.0. The van der Waals surface area contributed by atoms with Gasteiger partial charge in [-0.05, 0) is 30.0 Å². The Morgan fingerprint density at radius 3 is 2.71 bits per heavy atom. The number of unbranched alkanes of at least 4 members (excludes halogenated alkanes) is 4. The standard InChI is InChI=1S/C18H26ClNO/c1-3-4-5-6-7-8-16(19)14-9-11-17-15(13-14)10-12-18(21)20(17)2/h9,11,13,16H,3-8,10,12H2,1-2H3. The number of anilines is 1. The van der Waals surface area contributed by atoms with Gasteiger partial charge in [0.1, 0.15) is 0 Å². The molecule has 1 heterocycles. The van der Waals surface area contributed by atoms with Crippen LogP contribution < -0.4 is 4.90 Å². The summed E-state index contributed by atoms with van der Waals surface area (Å²) in [6, 6.07) is 6.33. The van der Waals surface area contributed by atoms with Crippen LogP contribution in [0.4, 0.5) is 5.69 Å². The monoisotopic (exact) mass is 307 g/mol. The van der Waals surface area contributed by atoms with Crippen LogP contribution in [0.15, 0.2) is 18.2 Å². The second-order valence-electron chi connectivity index (χ2n) is 6.01. The summed E-state index contributed by atoms with van der Waals surface area (Å²) in [5.41, 5.74) is 3.50. The molecule has 0 aliphatic carbocycles. The van der Waals surface area contributed by atoms with Crippen molar-refractivity contribution >= 4 is 23.2 Å². The molecule has 0 spiro atoms. The second kappa shape index (κ2) is 7.84. The Bertz CT molecular complexity index is 486. The summed E-state index contributed by atoms with van der Waals surface area (Å²) >= 11 is 6.55. The molecule has 1 aromatic rings. The van der Waals surface area contributed by atoms with Crippen molar-refractivity contribution in [2.24, 2.45) is 0 Å². The molecule has 116 valence electrons. The van der Waals surface area contributed by atoms with E-state index in [1.165, 1.54) is 43.2 Å². The SMILES string of the molecule is CCCCCCCC(Cl)c1ccc2c(c1)CCC(=O)N2C. The molecule has 0 saturated carbocycles. The number of hydrogen-bond acceptors (Lipinski definition) is 1. The van der Waals surface area contributed by atoms with E-state index < -0.39 is 0 Å². The van der Waals surface area contributed by atoms with E-state index in [4.69, 9.17) is 11.6 Å². The molecule has 0 N–H and O–H groups in total. The van der Waals surface area contributed by atoms with Crippen LogP contribution in [0.2, 0.25) is 0 Å². The van der Waals surface area contributed by atoms with Crippen LogP contribution in [0.1, 0.15) is 68.4 Å². The predicted octanol–water partition coefficient (Wildman–Crippen LogP) is 5.24. The molecule has 0 radical (unpaired) electrons. The molecule has 1 aliphatic heterocycles. The fraction of sp³-hybridized carbons (Fsp3) is 0.611. The zero-order valence-electron chi connectivity index (χ0n) is 13.2. The number of rotatable bonds is 7. The van der Waals surface area contributed by atoms with Gasteiger partial charge in [0.2, 0.25) is 5.91 Å². The summed E-state index contributed by atoms with van der Waals surface area (Å²) in [5, 5.41) is 0.0971. The van der Waals surface area contributed by atoms with Crippen LogP contribution in [-0.2, 0) is 11.2 Å². The number of fused-ring (bicyclic) bond motifs is 1. The maximum atomic E-state index is 11.7. The quantitative estimate of drug-likeness (QED) is 0.498. The average molecular weight is 308 g/mol.